The predicted molar refractivity (Wildman–Crippen MR) is 132 cm³/mol. The summed E-state index contributed by atoms with van der Waals surface area (Å²) >= 11 is 0. The molecule has 2 amide bonds. The lowest BCUT2D eigenvalue weighted by molar-refractivity contribution is -0.242. The maximum absolute atomic E-state index is 13.9. The van der Waals surface area contributed by atoms with E-state index in [1.807, 2.05) is 6.92 Å². The first-order valence-electron chi connectivity index (χ1n) is 11.7. The van der Waals surface area contributed by atoms with E-state index >= 15 is 0 Å². The van der Waals surface area contributed by atoms with Crippen molar-refractivity contribution in [2.45, 2.75) is 70.9 Å². The molecule has 0 radical (unpaired) electrons. The number of ether oxygens (including phenoxy) is 2. The largest absolute Gasteiger partial charge is 0.484 e. The van der Waals surface area contributed by atoms with Gasteiger partial charge >= 0.3 is 12.3 Å². The quantitative estimate of drug-likeness (QED) is 0.529. The summed E-state index contributed by atoms with van der Waals surface area (Å²) in [5, 5.41) is 9.10. The van der Waals surface area contributed by atoms with Gasteiger partial charge in [0.15, 0.2) is 0 Å². The van der Waals surface area contributed by atoms with Crippen LogP contribution in [0.4, 0.5) is 29.3 Å². The minimum atomic E-state index is -4.81. The minimum Gasteiger partial charge on any atom is -0.484 e. The number of aromatic nitrogens is 2. The van der Waals surface area contributed by atoms with Crippen LogP contribution in [-0.4, -0.2) is 61.2 Å². The van der Waals surface area contributed by atoms with Crippen LogP contribution >= 0.6 is 0 Å². The van der Waals surface area contributed by atoms with Crippen LogP contribution in [0.15, 0.2) is 23.1 Å². The van der Waals surface area contributed by atoms with E-state index in [4.69, 9.17) is 4.74 Å². The summed E-state index contributed by atoms with van der Waals surface area (Å²) in [6.07, 6.45) is -6.93. The van der Waals surface area contributed by atoms with E-state index in [-0.39, 0.29) is 46.7 Å². The van der Waals surface area contributed by atoms with Crippen molar-refractivity contribution in [1.82, 2.24) is 15.1 Å². The summed E-state index contributed by atoms with van der Waals surface area (Å²) in [6, 6.07) is 3.97. The van der Waals surface area contributed by atoms with E-state index in [2.05, 4.69) is 20.5 Å². The first-order chi connectivity index (χ1) is 17.5. The maximum Gasteiger partial charge on any atom is 0.427 e. The molecule has 0 bridgehead atoms. The second-order valence-corrected chi connectivity index (χ2v) is 11.0. The molecule has 0 fully saturated rings. The second-order valence-electron chi connectivity index (χ2n) is 9.23. The number of benzene rings is 1. The fraction of sp³-hybridized carbons (Fsp3) is 0.522. The Morgan fingerprint density at radius 2 is 1.89 bits per heavy atom. The number of fused-ring (bicyclic) bond motifs is 1. The molecule has 2 heterocycles. The van der Waals surface area contributed by atoms with Gasteiger partial charge in [-0.25, -0.2) is 13.2 Å². The smallest absolute Gasteiger partial charge is 0.427 e. The van der Waals surface area contributed by atoms with Crippen LogP contribution in [0.5, 0.6) is 5.75 Å². The standard InChI is InChI=1S/C23H30F3N5O6S/c1-7-30-14(3)20(13(2)29-30)38(34,35)31-12-17(11-27-15(4)32)36-19-9-8-16(10-18(19)31)28-21(33)37-22(5,6)23(24,25)26/h8-10,17H,7,11-12H2,1-6H3,(H,27,32)(H,28,33)/t17-/m0/s1. The van der Waals surface area contributed by atoms with Crippen LogP contribution in [0.25, 0.3) is 0 Å². The van der Waals surface area contributed by atoms with Crippen molar-refractivity contribution in [2.75, 3.05) is 22.7 Å². The fourth-order valence-electron chi connectivity index (χ4n) is 3.89. The molecule has 1 aromatic heterocycles. The van der Waals surface area contributed by atoms with Crippen LogP contribution in [0.1, 0.15) is 39.1 Å². The van der Waals surface area contributed by atoms with Gasteiger partial charge in [0.05, 0.1) is 30.2 Å². The van der Waals surface area contributed by atoms with Crippen LogP contribution in [0, 0.1) is 13.8 Å². The number of carbonyl (C=O) groups is 2. The highest BCUT2D eigenvalue weighted by Gasteiger charge is 2.51. The number of halogens is 3. The molecule has 0 unspecified atom stereocenters. The highest BCUT2D eigenvalue weighted by molar-refractivity contribution is 7.93. The summed E-state index contributed by atoms with van der Waals surface area (Å²) in [6.45, 7) is 8.01. The third-order valence-electron chi connectivity index (χ3n) is 5.91. The van der Waals surface area contributed by atoms with Gasteiger partial charge in [0, 0.05) is 19.2 Å². The third kappa shape index (κ3) is 5.81. The topological polar surface area (TPSA) is 132 Å². The van der Waals surface area contributed by atoms with Gasteiger partial charge in [0.2, 0.25) is 11.5 Å². The molecule has 2 N–H and O–H groups in total. The molecule has 1 aliphatic rings. The number of rotatable bonds is 7. The lowest BCUT2D eigenvalue weighted by Crippen LogP contribution is -2.48. The van der Waals surface area contributed by atoms with Crippen LogP contribution in [0.2, 0.25) is 0 Å². The van der Waals surface area contributed by atoms with E-state index in [9.17, 15) is 31.2 Å². The fourth-order valence-corrected chi connectivity index (χ4v) is 5.76. The number of hydrogen-bond donors (Lipinski definition) is 2. The number of nitrogens with one attached hydrogen (secondary N) is 2. The Morgan fingerprint density at radius 1 is 1.24 bits per heavy atom. The van der Waals surface area contributed by atoms with Crippen LogP contribution in [0.3, 0.4) is 0 Å². The van der Waals surface area contributed by atoms with Gasteiger partial charge in [-0.3, -0.25) is 19.1 Å². The number of nitrogens with zero attached hydrogens (tertiary/aromatic N) is 3. The summed E-state index contributed by atoms with van der Waals surface area (Å²) in [5.41, 5.74) is -2.03. The molecule has 210 valence electrons. The molecule has 0 aliphatic carbocycles. The van der Waals surface area contributed by atoms with Crippen molar-refractivity contribution in [1.29, 1.82) is 0 Å². The minimum absolute atomic E-state index is 0.00447. The van der Waals surface area contributed by atoms with Crippen molar-refractivity contribution in [3.63, 3.8) is 0 Å². The van der Waals surface area contributed by atoms with Crippen LogP contribution < -0.4 is 19.7 Å². The number of anilines is 2. The monoisotopic (exact) mass is 561 g/mol. The molecule has 38 heavy (non-hydrogen) atoms. The predicted octanol–water partition coefficient (Wildman–Crippen LogP) is 3.50. The van der Waals surface area contributed by atoms with E-state index in [1.165, 1.54) is 25.1 Å². The zero-order chi connectivity index (χ0) is 28.6. The van der Waals surface area contributed by atoms with E-state index in [1.54, 1.807) is 18.5 Å². The first-order valence-corrected chi connectivity index (χ1v) is 13.1. The van der Waals surface area contributed by atoms with Gasteiger partial charge in [-0.05, 0) is 52.8 Å². The molecule has 3 rings (SSSR count). The summed E-state index contributed by atoms with van der Waals surface area (Å²) < 4.78 is 80.3. The molecule has 2 aromatic rings. The summed E-state index contributed by atoms with van der Waals surface area (Å²) in [4.78, 5) is 23.7. The Bertz CT molecular complexity index is 1340. The molecular formula is C23H30F3N5O6S. The number of hydrogen-bond acceptors (Lipinski definition) is 7. The normalized spacial score (nSPS) is 15.9. The molecule has 0 saturated heterocycles. The number of alkyl halides is 3. The zero-order valence-electron chi connectivity index (χ0n) is 21.8. The van der Waals surface area contributed by atoms with Crippen molar-refractivity contribution in [3.05, 3.63) is 29.6 Å². The lowest BCUT2D eigenvalue weighted by Gasteiger charge is -2.36. The lowest BCUT2D eigenvalue weighted by atomic mass is 10.1. The van der Waals surface area contributed by atoms with Gasteiger partial charge in [-0.15, -0.1) is 0 Å². The zero-order valence-corrected chi connectivity index (χ0v) is 22.6. The number of aryl methyl sites for hydroxylation is 2. The highest BCUT2D eigenvalue weighted by atomic mass is 32.2. The second kappa shape index (κ2) is 10.3. The highest BCUT2D eigenvalue weighted by Crippen LogP contribution is 2.40. The molecule has 0 saturated carbocycles. The molecular weight excluding hydrogens is 531 g/mol. The number of carbonyl (C=O) groups excluding carboxylic acids is 2. The molecule has 15 heteroatoms. The van der Waals surface area contributed by atoms with E-state index in [0.717, 1.165) is 4.31 Å². The van der Waals surface area contributed by atoms with E-state index < -0.39 is 34.0 Å². The molecule has 1 aliphatic heterocycles. The molecule has 11 nitrogen and oxygen atoms in total. The van der Waals surface area contributed by atoms with Gasteiger partial charge in [0.1, 0.15) is 16.7 Å². The van der Waals surface area contributed by atoms with Crippen molar-refractivity contribution < 1.29 is 40.7 Å². The molecule has 1 atom stereocenters. The SMILES string of the molecule is CCn1nc(C)c(S(=O)(=O)N2C[C@H](CNC(C)=O)Oc3ccc(NC(=O)OC(C)(C)C(F)(F)F)cc32)c1C. The van der Waals surface area contributed by atoms with Crippen molar-refractivity contribution in [2.24, 2.45) is 0 Å². The third-order valence-corrected chi connectivity index (χ3v) is 7.94. The van der Waals surface area contributed by atoms with Gasteiger partial charge in [-0.1, -0.05) is 0 Å². The Hall–Kier alpha value is -3.49. The molecule has 1 aromatic carbocycles. The van der Waals surface area contributed by atoms with Crippen molar-refractivity contribution in [3.8, 4) is 5.75 Å². The van der Waals surface area contributed by atoms with E-state index in [0.29, 0.717) is 26.1 Å². The Labute approximate surface area is 218 Å². The molecule has 0 spiro atoms. The number of sulfonamides is 1. The average Bonchev–Trinajstić information content (AvgIpc) is 3.09. The Balaban J connectivity index is 2.02. The maximum atomic E-state index is 13.9. The first kappa shape index (κ1) is 29.1. The van der Waals surface area contributed by atoms with Gasteiger partial charge in [0.25, 0.3) is 10.0 Å². The summed E-state index contributed by atoms with van der Waals surface area (Å²) in [5.74, 6) is -0.201. The average molecular weight is 562 g/mol. The van der Waals surface area contributed by atoms with Gasteiger partial charge in [-0.2, -0.15) is 18.3 Å². The Morgan fingerprint density at radius 3 is 2.45 bits per heavy atom. The summed E-state index contributed by atoms with van der Waals surface area (Å²) in [7, 11) is -4.23. The van der Waals surface area contributed by atoms with Crippen LogP contribution in [-0.2, 0) is 26.1 Å². The Kier molecular flexibility index (Phi) is 7.91. The van der Waals surface area contributed by atoms with Crippen molar-refractivity contribution >= 4 is 33.4 Å². The van der Waals surface area contributed by atoms with Gasteiger partial charge < -0.3 is 14.8 Å². The number of amides is 2.